The molecule has 0 radical (unpaired) electrons. The van der Waals surface area contributed by atoms with E-state index in [9.17, 15) is 4.39 Å². The maximum absolute atomic E-state index is 13.4. The maximum atomic E-state index is 13.4. The highest BCUT2D eigenvalue weighted by Gasteiger charge is 2.17. The highest BCUT2D eigenvalue weighted by molar-refractivity contribution is 9.10. The van der Waals surface area contributed by atoms with Crippen LogP contribution in [0.2, 0.25) is 0 Å². The van der Waals surface area contributed by atoms with E-state index in [0.29, 0.717) is 6.42 Å². The van der Waals surface area contributed by atoms with Gasteiger partial charge in [-0.2, -0.15) is 0 Å². The fourth-order valence-electron chi connectivity index (χ4n) is 2.30. The van der Waals surface area contributed by atoms with Crippen molar-refractivity contribution in [3.8, 4) is 5.75 Å². The molecular weight excluding hydrogens is 335 g/mol. The molecule has 5 heteroatoms. The zero-order valence-electron chi connectivity index (χ0n) is 12.0. The number of aryl methyl sites for hydroxylation is 1. The number of nitrogens with two attached hydrogens (primary N) is 1. The molecule has 0 aliphatic carbocycles. The Morgan fingerprint density at radius 1 is 1.29 bits per heavy atom. The molecule has 3 nitrogen and oxygen atoms in total. The number of benzene rings is 2. The molecule has 0 aliphatic rings. The fraction of sp³-hybridized carbons (Fsp3) is 0.250. The Kier molecular flexibility index (Phi) is 5.33. The van der Waals surface area contributed by atoms with Crippen molar-refractivity contribution in [2.24, 2.45) is 5.84 Å². The van der Waals surface area contributed by atoms with Crippen LogP contribution in [0.4, 0.5) is 4.39 Å². The van der Waals surface area contributed by atoms with Crippen LogP contribution in [0.25, 0.3) is 0 Å². The first-order valence-corrected chi connectivity index (χ1v) is 7.39. The van der Waals surface area contributed by atoms with Crippen molar-refractivity contribution < 1.29 is 9.13 Å². The van der Waals surface area contributed by atoms with Crippen LogP contribution in [-0.2, 0) is 6.42 Å². The Balaban J connectivity index is 2.36. The van der Waals surface area contributed by atoms with Crippen molar-refractivity contribution in [2.45, 2.75) is 19.4 Å². The smallest absolute Gasteiger partial charge is 0.123 e. The molecule has 0 aliphatic heterocycles. The molecule has 3 N–H and O–H groups in total. The van der Waals surface area contributed by atoms with Gasteiger partial charge in [-0.3, -0.25) is 11.3 Å². The van der Waals surface area contributed by atoms with Crippen LogP contribution in [0, 0.1) is 12.7 Å². The SMILES string of the molecule is COc1ccc(C)cc1C(Cc1cc(F)ccc1Br)NN. The number of rotatable bonds is 5. The van der Waals surface area contributed by atoms with Crippen molar-refractivity contribution >= 4 is 15.9 Å². The van der Waals surface area contributed by atoms with Crippen molar-refractivity contribution in [2.75, 3.05) is 7.11 Å². The highest BCUT2D eigenvalue weighted by Crippen LogP contribution is 2.30. The second kappa shape index (κ2) is 7.02. The third kappa shape index (κ3) is 3.81. The summed E-state index contributed by atoms with van der Waals surface area (Å²) < 4.78 is 19.7. The summed E-state index contributed by atoms with van der Waals surface area (Å²) in [6.07, 6.45) is 0.550. The second-order valence-electron chi connectivity index (χ2n) is 4.90. The predicted octanol–water partition coefficient (Wildman–Crippen LogP) is 3.65. The van der Waals surface area contributed by atoms with E-state index in [0.717, 1.165) is 26.9 Å². The molecule has 0 spiro atoms. The lowest BCUT2D eigenvalue weighted by Gasteiger charge is -2.20. The lowest BCUT2D eigenvalue weighted by Crippen LogP contribution is -2.30. The summed E-state index contributed by atoms with van der Waals surface area (Å²) in [4.78, 5) is 0. The minimum Gasteiger partial charge on any atom is -0.496 e. The number of halogens is 2. The standard InChI is InChI=1S/C16H18BrFN2O/c1-10-3-6-16(21-2)13(7-10)15(20-19)9-11-8-12(18)4-5-14(11)17/h3-8,15,20H,9,19H2,1-2H3. The Bertz CT molecular complexity index is 634. The van der Waals surface area contributed by atoms with Crippen molar-refractivity contribution in [3.05, 3.63) is 63.4 Å². The lowest BCUT2D eigenvalue weighted by molar-refractivity contribution is 0.398. The van der Waals surface area contributed by atoms with E-state index >= 15 is 0 Å². The molecular formula is C16H18BrFN2O. The summed E-state index contributed by atoms with van der Waals surface area (Å²) in [6, 6.07) is 10.4. The average Bonchev–Trinajstić information content (AvgIpc) is 2.48. The third-order valence-electron chi connectivity index (χ3n) is 3.39. The maximum Gasteiger partial charge on any atom is 0.123 e. The van der Waals surface area contributed by atoms with Gasteiger partial charge in [0.2, 0.25) is 0 Å². The number of methoxy groups -OCH3 is 1. The topological polar surface area (TPSA) is 47.3 Å². The molecule has 1 atom stereocenters. The van der Waals surface area contributed by atoms with Gasteiger partial charge < -0.3 is 4.74 Å². The molecule has 21 heavy (non-hydrogen) atoms. The summed E-state index contributed by atoms with van der Waals surface area (Å²) >= 11 is 3.44. The van der Waals surface area contributed by atoms with E-state index in [4.69, 9.17) is 10.6 Å². The quantitative estimate of drug-likeness (QED) is 0.637. The molecule has 0 saturated carbocycles. The minimum absolute atomic E-state index is 0.169. The van der Waals surface area contributed by atoms with Crippen LogP contribution in [0.3, 0.4) is 0 Å². The lowest BCUT2D eigenvalue weighted by atomic mass is 9.97. The Morgan fingerprint density at radius 2 is 2.05 bits per heavy atom. The minimum atomic E-state index is -0.264. The molecule has 0 fully saturated rings. The van der Waals surface area contributed by atoms with E-state index in [1.54, 1.807) is 13.2 Å². The van der Waals surface area contributed by atoms with E-state index in [1.807, 2.05) is 25.1 Å². The monoisotopic (exact) mass is 352 g/mol. The van der Waals surface area contributed by atoms with Crippen molar-refractivity contribution in [1.82, 2.24) is 5.43 Å². The van der Waals surface area contributed by atoms with Crippen LogP contribution in [0.15, 0.2) is 40.9 Å². The molecule has 0 bridgehead atoms. The van der Waals surface area contributed by atoms with Gasteiger partial charge >= 0.3 is 0 Å². The zero-order chi connectivity index (χ0) is 15.4. The molecule has 1 unspecified atom stereocenters. The van der Waals surface area contributed by atoms with Gasteiger partial charge in [-0.05, 0) is 43.2 Å². The number of nitrogens with one attached hydrogen (secondary N) is 1. The Labute approximate surface area is 132 Å². The molecule has 2 aromatic rings. The highest BCUT2D eigenvalue weighted by atomic mass is 79.9. The van der Waals surface area contributed by atoms with Crippen molar-refractivity contribution in [3.63, 3.8) is 0 Å². The molecule has 0 aromatic heterocycles. The molecule has 112 valence electrons. The van der Waals surface area contributed by atoms with E-state index in [2.05, 4.69) is 21.4 Å². The third-order valence-corrected chi connectivity index (χ3v) is 4.17. The molecule has 0 amide bonds. The summed E-state index contributed by atoms with van der Waals surface area (Å²) in [5.41, 5.74) is 5.71. The first-order valence-electron chi connectivity index (χ1n) is 6.59. The van der Waals surface area contributed by atoms with Gasteiger partial charge in [0.1, 0.15) is 11.6 Å². The number of ether oxygens (including phenoxy) is 1. The normalized spacial score (nSPS) is 12.2. The summed E-state index contributed by atoms with van der Waals surface area (Å²) in [5, 5.41) is 0. The Morgan fingerprint density at radius 3 is 2.71 bits per heavy atom. The number of hydrogen-bond donors (Lipinski definition) is 2. The van der Waals surface area contributed by atoms with Gasteiger partial charge in [-0.1, -0.05) is 33.6 Å². The molecule has 0 heterocycles. The number of hydrogen-bond acceptors (Lipinski definition) is 3. The van der Waals surface area contributed by atoms with Gasteiger partial charge in [-0.25, -0.2) is 4.39 Å². The fourth-order valence-corrected chi connectivity index (χ4v) is 2.71. The van der Waals surface area contributed by atoms with Crippen LogP contribution in [0.5, 0.6) is 5.75 Å². The zero-order valence-corrected chi connectivity index (χ0v) is 13.6. The largest absolute Gasteiger partial charge is 0.496 e. The second-order valence-corrected chi connectivity index (χ2v) is 5.76. The van der Waals surface area contributed by atoms with Gasteiger partial charge in [0.25, 0.3) is 0 Å². The van der Waals surface area contributed by atoms with Crippen LogP contribution in [-0.4, -0.2) is 7.11 Å². The van der Waals surface area contributed by atoms with Crippen molar-refractivity contribution in [1.29, 1.82) is 0 Å². The molecule has 2 rings (SSSR count). The van der Waals surface area contributed by atoms with E-state index < -0.39 is 0 Å². The van der Waals surface area contributed by atoms with Gasteiger partial charge in [0.05, 0.1) is 13.2 Å². The van der Waals surface area contributed by atoms with Gasteiger partial charge in [0, 0.05) is 10.0 Å². The number of hydrazine groups is 1. The van der Waals surface area contributed by atoms with Crippen LogP contribution < -0.4 is 16.0 Å². The summed E-state index contributed by atoms with van der Waals surface area (Å²) in [5.74, 6) is 6.20. The molecule has 0 saturated heterocycles. The van der Waals surface area contributed by atoms with E-state index in [-0.39, 0.29) is 11.9 Å². The van der Waals surface area contributed by atoms with Gasteiger partial charge in [0.15, 0.2) is 0 Å². The van der Waals surface area contributed by atoms with Gasteiger partial charge in [-0.15, -0.1) is 0 Å². The Hall–Kier alpha value is -1.43. The average molecular weight is 353 g/mol. The van der Waals surface area contributed by atoms with E-state index in [1.165, 1.54) is 12.1 Å². The predicted molar refractivity (Wildman–Crippen MR) is 85.6 cm³/mol. The van der Waals surface area contributed by atoms with Crippen LogP contribution in [0.1, 0.15) is 22.7 Å². The molecule has 2 aromatic carbocycles. The first kappa shape index (κ1) is 15.9. The van der Waals surface area contributed by atoms with Crippen LogP contribution >= 0.6 is 15.9 Å². The first-order chi connectivity index (χ1) is 10.0. The summed E-state index contributed by atoms with van der Waals surface area (Å²) in [6.45, 7) is 2.01. The summed E-state index contributed by atoms with van der Waals surface area (Å²) in [7, 11) is 1.62.